The summed E-state index contributed by atoms with van der Waals surface area (Å²) in [6, 6.07) is 0.156. The van der Waals surface area contributed by atoms with Gasteiger partial charge in [-0.05, 0) is 26.2 Å². The van der Waals surface area contributed by atoms with Crippen LogP contribution in [-0.2, 0) is 4.74 Å². The number of aromatic amines is 1. The van der Waals surface area contributed by atoms with Crippen molar-refractivity contribution in [2.75, 3.05) is 6.61 Å². The van der Waals surface area contributed by atoms with Crippen molar-refractivity contribution in [3.05, 3.63) is 11.9 Å². The highest BCUT2D eigenvalue weighted by atomic mass is 16.5. The molecule has 1 aliphatic carbocycles. The molecule has 0 aromatic carbocycles. The number of hydrogen-bond donors (Lipinski definition) is 2. The number of ether oxygens (including phenoxy) is 1. The lowest BCUT2D eigenvalue weighted by Gasteiger charge is -2.55. The average molecular weight is 266 g/mol. The van der Waals surface area contributed by atoms with Gasteiger partial charge < -0.3 is 10.1 Å². The topological polar surface area (TPSA) is 79.9 Å². The molecule has 6 nitrogen and oxygen atoms in total. The summed E-state index contributed by atoms with van der Waals surface area (Å²) in [7, 11) is 0. The van der Waals surface area contributed by atoms with Crippen molar-refractivity contribution < 1.29 is 9.53 Å². The van der Waals surface area contributed by atoms with E-state index in [2.05, 4.69) is 34.6 Å². The van der Waals surface area contributed by atoms with Gasteiger partial charge in [0, 0.05) is 18.1 Å². The van der Waals surface area contributed by atoms with Crippen LogP contribution in [0.15, 0.2) is 6.20 Å². The van der Waals surface area contributed by atoms with Gasteiger partial charge in [-0.25, -0.2) is 0 Å². The minimum atomic E-state index is -0.167. The summed E-state index contributed by atoms with van der Waals surface area (Å²) >= 11 is 0. The third kappa shape index (κ3) is 2.36. The van der Waals surface area contributed by atoms with Gasteiger partial charge in [-0.1, -0.05) is 13.8 Å². The third-order valence-corrected chi connectivity index (χ3v) is 4.42. The molecule has 106 valence electrons. The second kappa shape index (κ2) is 5.69. The number of nitrogens with zero attached hydrogens (tertiary/aromatic N) is 2. The number of nitrogens with one attached hydrogen (secondary N) is 2. The SMILES string of the molecule is CCO[C@H]1C[C@@H](NC(=O)c2cn[nH]n2)C1(CC)CC. The molecular formula is C13H22N4O2. The van der Waals surface area contributed by atoms with E-state index in [0.717, 1.165) is 25.9 Å². The molecule has 0 radical (unpaired) electrons. The van der Waals surface area contributed by atoms with Crippen molar-refractivity contribution in [3.8, 4) is 0 Å². The molecule has 1 aromatic rings. The van der Waals surface area contributed by atoms with Crippen LogP contribution in [0.3, 0.4) is 0 Å². The van der Waals surface area contributed by atoms with Gasteiger partial charge in [-0.3, -0.25) is 4.79 Å². The smallest absolute Gasteiger partial charge is 0.273 e. The van der Waals surface area contributed by atoms with Gasteiger partial charge in [0.2, 0.25) is 0 Å². The van der Waals surface area contributed by atoms with E-state index in [-0.39, 0.29) is 23.5 Å². The third-order valence-electron chi connectivity index (χ3n) is 4.42. The number of H-pyrrole nitrogens is 1. The average Bonchev–Trinajstić information content (AvgIpc) is 2.93. The first kappa shape index (κ1) is 14.0. The molecule has 1 fully saturated rings. The highest BCUT2D eigenvalue weighted by Gasteiger charge is 2.53. The minimum absolute atomic E-state index is 0.0510. The van der Waals surface area contributed by atoms with E-state index in [1.165, 1.54) is 6.20 Å². The second-order valence-corrected chi connectivity index (χ2v) is 5.00. The Kier molecular flexibility index (Phi) is 4.19. The Morgan fingerprint density at radius 2 is 2.26 bits per heavy atom. The molecule has 1 aliphatic rings. The van der Waals surface area contributed by atoms with E-state index in [1.807, 2.05) is 6.92 Å². The maximum Gasteiger partial charge on any atom is 0.273 e. The fourth-order valence-electron chi connectivity index (χ4n) is 3.13. The maximum atomic E-state index is 12.0. The minimum Gasteiger partial charge on any atom is -0.378 e. The number of carbonyl (C=O) groups excluding carboxylic acids is 1. The summed E-state index contributed by atoms with van der Waals surface area (Å²) in [5.74, 6) is -0.167. The normalized spacial score (nSPS) is 24.8. The van der Waals surface area contributed by atoms with E-state index in [9.17, 15) is 4.79 Å². The van der Waals surface area contributed by atoms with Crippen molar-refractivity contribution in [2.45, 2.75) is 52.2 Å². The molecule has 2 N–H and O–H groups in total. The molecule has 0 bridgehead atoms. The molecule has 0 spiro atoms. The molecule has 1 saturated carbocycles. The highest BCUT2D eigenvalue weighted by Crippen LogP contribution is 2.48. The highest BCUT2D eigenvalue weighted by molar-refractivity contribution is 5.92. The largest absolute Gasteiger partial charge is 0.378 e. The molecule has 2 rings (SSSR count). The van der Waals surface area contributed by atoms with Crippen LogP contribution in [0, 0.1) is 5.41 Å². The number of carbonyl (C=O) groups is 1. The number of aromatic nitrogens is 3. The quantitative estimate of drug-likeness (QED) is 0.818. The molecule has 0 aliphatic heterocycles. The van der Waals surface area contributed by atoms with Gasteiger partial charge in [0.15, 0.2) is 5.69 Å². The lowest BCUT2D eigenvalue weighted by Crippen LogP contribution is -2.64. The predicted octanol–water partition coefficient (Wildman–Crippen LogP) is 1.52. The van der Waals surface area contributed by atoms with Gasteiger partial charge in [0.05, 0.1) is 12.3 Å². The van der Waals surface area contributed by atoms with Crippen LogP contribution in [0.2, 0.25) is 0 Å². The first-order valence-electron chi connectivity index (χ1n) is 6.96. The van der Waals surface area contributed by atoms with Gasteiger partial charge in [-0.15, -0.1) is 0 Å². The fraction of sp³-hybridized carbons (Fsp3) is 0.769. The first-order chi connectivity index (χ1) is 9.17. The van der Waals surface area contributed by atoms with E-state index >= 15 is 0 Å². The Labute approximate surface area is 113 Å². The number of amides is 1. The summed E-state index contributed by atoms with van der Waals surface area (Å²) in [5, 5.41) is 13.0. The molecule has 19 heavy (non-hydrogen) atoms. The molecule has 2 atom stereocenters. The Morgan fingerprint density at radius 1 is 1.53 bits per heavy atom. The second-order valence-electron chi connectivity index (χ2n) is 5.00. The zero-order chi connectivity index (χ0) is 13.9. The molecule has 6 heteroatoms. The lowest BCUT2D eigenvalue weighted by molar-refractivity contribution is -0.134. The summed E-state index contributed by atoms with van der Waals surface area (Å²) in [6.07, 6.45) is 4.55. The molecule has 0 unspecified atom stereocenters. The van der Waals surface area contributed by atoms with Gasteiger partial charge in [-0.2, -0.15) is 15.4 Å². The maximum absolute atomic E-state index is 12.0. The van der Waals surface area contributed by atoms with Crippen molar-refractivity contribution in [2.24, 2.45) is 5.41 Å². The monoisotopic (exact) mass is 266 g/mol. The van der Waals surface area contributed by atoms with Crippen LogP contribution in [0.4, 0.5) is 0 Å². The van der Waals surface area contributed by atoms with Gasteiger partial charge in [0.25, 0.3) is 5.91 Å². The number of rotatable bonds is 6. The van der Waals surface area contributed by atoms with Crippen LogP contribution in [0.1, 0.15) is 50.5 Å². The lowest BCUT2D eigenvalue weighted by atomic mass is 9.58. The van der Waals surface area contributed by atoms with E-state index in [1.54, 1.807) is 0 Å². The standard InChI is InChI=1S/C13H22N4O2/c1-4-13(5-2)10(7-11(13)19-6-3)15-12(18)9-8-14-17-16-9/h8,10-11H,4-7H2,1-3H3,(H,15,18)(H,14,16,17)/t10-,11+/m1/s1. The molecule has 1 amide bonds. The Bertz CT molecular complexity index is 414. The van der Waals surface area contributed by atoms with Crippen LogP contribution in [0.25, 0.3) is 0 Å². The van der Waals surface area contributed by atoms with Crippen LogP contribution < -0.4 is 5.32 Å². The van der Waals surface area contributed by atoms with Crippen molar-refractivity contribution in [1.29, 1.82) is 0 Å². The zero-order valence-corrected chi connectivity index (χ0v) is 11.8. The van der Waals surface area contributed by atoms with E-state index in [0.29, 0.717) is 5.69 Å². The van der Waals surface area contributed by atoms with Crippen molar-refractivity contribution >= 4 is 5.91 Å². The van der Waals surface area contributed by atoms with Crippen LogP contribution in [0.5, 0.6) is 0 Å². The summed E-state index contributed by atoms with van der Waals surface area (Å²) in [5.41, 5.74) is 0.385. The number of hydrogen-bond acceptors (Lipinski definition) is 4. The predicted molar refractivity (Wildman–Crippen MR) is 70.7 cm³/mol. The summed E-state index contributed by atoms with van der Waals surface area (Å²) in [4.78, 5) is 12.0. The fourth-order valence-corrected chi connectivity index (χ4v) is 3.13. The summed E-state index contributed by atoms with van der Waals surface area (Å²) < 4.78 is 5.79. The zero-order valence-electron chi connectivity index (χ0n) is 11.8. The van der Waals surface area contributed by atoms with Gasteiger partial charge in [0.1, 0.15) is 0 Å². The molecule has 1 aromatic heterocycles. The first-order valence-corrected chi connectivity index (χ1v) is 6.96. The summed E-state index contributed by atoms with van der Waals surface area (Å²) in [6.45, 7) is 7.04. The Morgan fingerprint density at radius 3 is 2.79 bits per heavy atom. The van der Waals surface area contributed by atoms with E-state index in [4.69, 9.17) is 4.74 Å². The Hall–Kier alpha value is -1.43. The Balaban J connectivity index is 2.03. The molecule has 0 saturated heterocycles. The van der Waals surface area contributed by atoms with Crippen molar-refractivity contribution in [3.63, 3.8) is 0 Å². The molecular weight excluding hydrogens is 244 g/mol. The van der Waals surface area contributed by atoms with Gasteiger partial charge >= 0.3 is 0 Å². The van der Waals surface area contributed by atoms with Crippen molar-refractivity contribution in [1.82, 2.24) is 20.7 Å². The van der Waals surface area contributed by atoms with Crippen LogP contribution >= 0.6 is 0 Å². The van der Waals surface area contributed by atoms with Crippen LogP contribution in [-0.4, -0.2) is 40.1 Å². The van der Waals surface area contributed by atoms with E-state index < -0.39 is 0 Å². The molecule has 1 heterocycles.